The Morgan fingerprint density at radius 2 is 1.39 bits per heavy atom. The van der Waals surface area contributed by atoms with Gasteiger partial charge in [-0.15, -0.1) is 0 Å². The number of esters is 1. The molecule has 3 rings (SSSR count). The summed E-state index contributed by atoms with van der Waals surface area (Å²) in [7, 11) is 0. The highest BCUT2D eigenvalue weighted by Crippen LogP contribution is 2.26. The van der Waals surface area contributed by atoms with Gasteiger partial charge in [-0.2, -0.15) is 0 Å². The topological polar surface area (TPSA) is 78.7 Å². The van der Waals surface area contributed by atoms with Crippen LogP contribution in [0.1, 0.15) is 22.8 Å². The Bertz CT molecular complexity index is 888. The molecule has 3 aromatic rings. The highest BCUT2D eigenvalue weighted by Gasteiger charge is 2.18. The van der Waals surface area contributed by atoms with Crippen molar-refractivity contribution in [3.05, 3.63) is 112 Å². The van der Waals surface area contributed by atoms with Gasteiger partial charge in [-0.1, -0.05) is 72.8 Å². The maximum Gasteiger partial charge on any atom is 0.332 e. The number of carbonyl (C=O) groups is 1. The number of nitro benzene ring substituents is 1. The molecule has 0 saturated carbocycles. The zero-order valence-corrected chi connectivity index (χ0v) is 15.1. The van der Waals surface area contributed by atoms with Gasteiger partial charge in [0.15, 0.2) is 0 Å². The first-order valence-corrected chi connectivity index (χ1v) is 8.74. The number of rotatable bonds is 8. The molecule has 6 nitrogen and oxygen atoms in total. The number of para-hydroxylation sites is 1. The van der Waals surface area contributed by atoms with Crippen molar-refractivity contribution in [1.82, 2.24) is 0 Å². The molecular formula is C22H19NO5. The van der Waals surface area contributed by atoms with Gasteiger partial charge < -0.3 is 9.47 Å². The van der Waals surface area contributed by atoms with E-state index in [-0.39, 0.29) is 18.9 Å². The molecule has 0 heterocycles. The summed E-state index contributed by atoms with van der Waals surface area (Å²) in [6.45, 7) is -0.449. The predicted molar refractivity (Wildman–Crippen MR) is 104 cm³/mol. The van der Waals surface area contributed by atoms with Crippen LogP contribution in [0.4, 0.5) is 5.69 Å². The van der Waals surface area contributed by atoms with Gasteiger partial charge >= 0.3 is 5.97 Å². The van der Waals surface area contributed by atoms with E-state index < -0.39 is 17.0 Å². The van der Waals surface area contributed by atoms with E-state index in [4.69, 9.17) is 9.47 Å². The van der Waals surface area contributed by atoms with Crippen molar-refractivity contribution in [2.24, 2.45) is 0 Å². The second kappa shape index (κ2) is 9.43. The van der Waals surface area contributed by atoms with Gasteiger partial charge in [0.25, 0.3) is 5.69 Å². The minimum Gasteiger partial charge on any atom is -0.459 e. The molecule has 0 aliphatic carbocycles. The molecule has 142 valence electrons. The molecule has 0 fully saturated rings. The van der Waals surface area contributed by atoms with E-state index in [2.05, 4.69) is 0 Å². The molecule has 0 bridgehead atoms. The first-order valence-electron chi connectivity index (χ1n) is 8.74. The van der Waals surface area contributed by atoms with E-state index in [0.29, 0.717) is 5.56 Å². The van der Waals surface area contributed by atoms with Crippen molar-refractivity contribution in [2.45, 2.75) is 12.7 Å². The standard InChI is InChI=1S/C22H19NO5/c24-21(27-15-19-13-7-8-14-20(19)23(25)26)16-28-22(17-9-3-1-4-10-17)18-11-5-2-6-12-18/h1-14,22H,15-16H2. The Hall–Kier alpha value is -3.51. The first kappa shape index (κ1) is 19.3. The summed E-state index contributed by atoms with van der Waals surface area (Å²) in [4.78, 5) is 22.7. The summed E-state index contributed by atoms with van der Waals surface area (Å²) in [5.74, 6) is -0.588. The van der Waals surface area contributed by atoms with Crippen LogP contribution in [0.15, 0.2) is 84.9 Å². The Balaban J connectivity index is 1.64. The molecule has 0 aliphatic rings. The van der Waals surface area contributed by atoms with Crippen molar-refractivity contribution in [3.63, 3.8) is 0 Å². The number of carbonyl (C=O) groups excluding carboxylic acids is 1. The third kappa shape index (κ3) is 5.02. The zero-order valence-electron chi connectivity index (χ0n) is 15.1. The molecule has 0 aliphatic heterocycles. The van der Waals surface area contributed by atoms with Crippen LogP contribution < -0.4 is 0 Å². The Morgan fingerprint density at radius 3 is 1.96 bits per heavy atom. The minimum absolute atomic E-state index is 0.0809. The quantitative estimate of drug-likeness (QED) is 0.329. The Kier molecular flexibility index (Phi) is 6.49. The van der Waals surface area contributed by atoms with Gasteiger partial charge in [0.05, 0.1) is 10.5 Å². The fourth-order valence-corrected chi connectivity index (χ4v) is 2.80. The molecule has 0 unspecified atom stereocenters. The van der Waals surface area contributed by atoms with Gasteiger partial charge in [-0.05, 0) is 17.2 Å². The average Bonchev–Trinajstić information content (AvgIpc) is 2.74. The van der Waals surface area contributed by atoms with Crippen LogP contribution >= 0.6 is 0 Å². The summed E-state index contributed by atoms with van der Waals surface area (Å²) in [5, 5.41) is 11.0. The van der Waals surface area contributed by atoms with Gasteiger partial charge in [0, 0.05) is 6.07 Å². The lowest BCUT2D eigenvalue weighted by Crippen LogP contribution is -2.16. The SMILES string of the molecule is O=C(COC(c1ccccc1)c1ccccc1)OCc1ccccc1[N+](=O)[O-]. The van der Waals surface area contributed by atoms with E-state index in [1.54, 1.807) is 18.2 Å². The average molecular weight is 377 g/mol. The van der Waals surface area contributed by atoms with E-state index in [1.165, 1.54) is 6.07 Å². The van der Waals surface area contributed by atoms with Crippen molar-refractivity contribution in [1.29, 1.82) is 0 Å². The summed E-state index contributed by atoms with van der Waals surface area (Å²) in [5.41, 5.74) is 2.09. The summed E-state index contributed by atoms with van der Waals surface area (Å²) in [6, 6.07) is 25.3. The van der Waals surface area contributed by atoms with E-state index in [1.807, 2.05) is 60.7 Å². The molecule has 0 amide bonds. The highest BCUT2D eigenvalue weighted by atomic mass is 16.6. The lowest BCUT2D eigenvalue weighted by molar-refractivity contribution is -0.385. The number of ether oxygens (including phenoxy) is 2. The second-order valence-electron chi connectivity index (χ2n) is 6.06. The fraction of sp³-hybridized carbons (Fsp3) is 0.136. The van der Waals surface area contributed by atoms with Gasteiger partial charge in [0.1, 0.15) is 19.3 Å². The zero-order chi connectivity index (χ0) is 19.8. The largest absolute Gasteiger partial charge is 0.459 e. The number of benzene rings is 3. The molecule has 0 spiro atoms. The summed E-state index contributed by atoms with van der Waals surface area (Å²) < 4.78 is 11.0. The molecular weight excluding hydrogens is 358 g/mol. The number of nitro groups is 1. The fourth-order valence-electron chi connectivity index (χ4n) is 2.80. The molecule has 0 aromatic heterocycles. The maximum absolute atomic E-state index is 12.1. The van der Waals surface area contributed by atoms with Crippen LogP contribution in [0.2, 0.25) is 0 Å². The van der Waals surface area contributed by atoms with Gasteiger partial charge in [-0.25, -0.2) is 4.79 Å². The van der Waals surface area contributed by atoms with Crippen molar-refractivity contribution >= 4 is 11.7 Å². The van der Waals surface area contributed by atoms with Gasteiger partial charge in [0.2, 0.25) is 0 Å². The van der Waals surface area contributed by atoms with Crippen LogP contribution in [0.5, 0.6) is 0 Å². The number of hydrogen-bond donors (Lipinski definition) is 0. The molecule has 0 N–H and O–H groups in total. The van der Waals surface area contributed by atoms with Crippen LogP contribution in [0.3, 0.4) is 0 Å². The Labute approximate surface area is 162 Å². The second-order valence-corrected chi connectivity index (χ2v) is 6.06. The van der Waals surface area contributed by atoms with Crippen LogP contribution in [-0.2, 0) is 20.9 Å². The lowest BCUT2D eigenvalue weighted by Gasteiger charge is -2.18. The van der Waals surface area contributed by atoms with Crippen molar-refractivity contribution in [2.75, 3.05) is 6.61 Å². The van der Waals surface area contributed by atoms with Crippen molar-refractivity contribution < 1.29 is 19.2 Å². The number of nitrogens with zero attached hydrogens (tertiary/aromatic N) is 1. The van der Waals surface area contributed by atoms with E-state index in [0.717, 1.165) is 11.1 Å². The third-order valence-corrected chi connectivity index (χ3v) is 4.15. The molecule has 0 atom stereocenters. The maximum atomic E-state index is 12.1. The predicted octanol–water partition coefficient (Wildman–Crippen LogP) is 4.44. The molecule has 0 saturated heterocycles. The Morgan fingerprint density at radius 1 is 0.857 bits per heavy atom. The molecule has 6 heteroatoms. The molecule has 0 radical (unpaired) electrons. The third-order valence-electron chi connectivity index (χ3n) is 4.15. The normalized spacial score (nSPS) is 10.6. The highest BCUT2D eigenvalue weighted by molar-refractivity contribution is 5.71. The van der Waals surface area contributed by atoms with Gasteiger partial charge in [-0.3, -0.25) is 10.1 Å². The van der Waals surface area contributed by atoms with Crippen LogP contribution in [-0.4, -0.2) is 17.5 Å². The first-order chi connectivity index (χ1) is 13.6. The summed E-state index contributed by atoms with van der Waals surface area (Å²) >= 11 is 0. The van der Waals surface area contributed by atoms with E-state index in [9.17, 15) is 14.9 Å². The lowest BCUT2D eigenvalue weighted by atomic mass is 10.0. The summed E-state index contributed by atoms with van der Waals surface area (Å²) in [6.07, 6.45) is -0.416. The van der Waals surface area contributed by atoms with Crippen LogP contribution in [0.25, 0.3) is 0 Å². The minimum atomic E-state index is -0.588. The van der Waals surface area contributed by atoms with Crippen molar-refractivity contribution in [3.8, 4) is 0 Å². The number of hydrogen-bond acceptors (Lipinski definition) is 5. The smallest absolute Gasteiger partial charge is 0.332 e. The van der Waals surface area contributed by atoms with Crippen LogP contribution in [0, 0.1) is 10.1 Å². The monoisotopic (exact) mass is 377 g/mol. The van der Waals surface area contributed by atoms with E-state index >= 15 is 0 Å². The molecule has 3 aromatic carbocycles. The molecule has 28 heavy (non-hydrogen) atoms.